The molecule has 1 rings (SSSR count). The number of nitrogens with zero attached hydrogens (tertiary/aromatic N) is 1. The van der Waals surface area contributed by atoms with Gasteiger partial charge < -0.3 is 5.32 Å². The molecule has 1 atom stereocenters. The Kier molecular flexibility index (Phi) is 4.78. The van der Waals surface area contributed by atoms with Gasteiger partial charge in [-0.3, -0.25) is 4.79 Å². The highest BCUT2D eigenvalue weighted by Crippen LogP contribution is 2.31. The van der Waals surface area contributed by atoms with Crippen LogP contribution in [-0.4, -0.2) is 11.8 Å². The smallest absolute Gasteiger partial charge is 0.325 e. The van der Waals surface area contributed by atoms with Gasteiger partial charge in [0.2, 0.25) is 5.91 Å². The van der Waals surface area contributed by atoms with E-state index in [0.717, 1.165) is 12.1 Å². The van der Waals surface area contributed by atoms with Crippen LogP contribution >= 0.6 is 11.6 Å². The summed E-state index contributed by atoms with van der Waals surface area (Å²) in [5, 5.41) is 11.2. The Bertz CT molecular complexity index is 523. The van der Waals surface area contributed by atoms with Crippen molar-refractivity contribution >= 4 is 23.2 Å². The Morgan fingerprint density at radius 3 is 2.63 bits per heavy atom. The highest BCUT2D eigenvalue weighted by atomic mass is 35.5. The molecule has 0 saturated carbocycles. The van der Waals surface area contributed by atoms with Gasteiger partial charge in [0.25, 0.3) is 0 Å². The molecule has 3 nitrogen and oxygen atoms in total. The lowest BCUT2D eigenvalue weighted by Gasteiger charge is -2.12. The number of nitriles is 1. The molecule has 0 aliphatic rings. The zero-order valence-electron chi connectivity index (χ0n) is 9.88. The molecule has 1 N–H and O–H groups in total. The van der Waals surface area contributed by atoms with Crippen LogP contribution in [0.2, 0.25) is 0 Å². The van der Waals surface area contributed by atoms with Gasteiger partial charge in [-0.15, -0.1) is 11.6 Å². The van der Waals surface area contributed by atoms with Gasteiger partial charge in [0.15, 0.2) is 0 Å². The first-order chi connectivity index (χ1) is 8.79. The molecule has 1 unspecified atom stereocenters. The van der Waals surface area contributed by atoms with E-state index in [-0.39, 0.29) is 17.1 Å². The minimum atomic E-state index is -4.53. The normalized spacial score (nSPS) is 12.6. The van der Waals surface area contributed by atoms with Crippen molar-refractivity contribution < 1.29 is 18.0 Å². The summed E-state index contributed by atoms with van der Waals surface area (Å²) in [5.41, 5.74) is -1.14. The van der Waals surface area contributed by atoms with Gasteiger partial charge in [-0.2, -0.15) is 18.4 Å². The molecule has 0 bridgehead atoms. The van der Waals surface area contributed by atoms with E-state index in [9.17, 15) is 18.0 Å². The maximum absolute atomic E-state index is 12.5. The number of amides is 1. The molecular weight excluding hydrogens is 281 g/mol. The van der Waals surface area contributed by atoms with Crippen LogP contribution in [0.15, 0.2) is 18.2 Å². The standard InChI is InChI=1S/C12H10ClF3N2O/c1-7(5-13)11(19)18-10-3-2-9(12(14,15)16)4-8(10)6-17/h2-4,7H,5H2,1H3,(H,18,19). The second-order valence-electron chi connectivity index (χ2n) is 3.91. The summed E-state index contributed by atoms with van der Waals surface area (Å²) in [6.07, 6.45) is -4.53. The minimum Gasteiger partial charge on any atom is -0.325 e. The van der Waals surface area contributed by atoms with Crippen LogP contribution in [-0.2, 0) is 11.0 Å². The van der Waals surface area contributed by atoms with Crippen molar-refractivity contribution in [1.29, 1.82) is 5.26 Å². The lowest BCUT2D eigenvalue weighted by atomic mass is 10.1. The molecule has 1 aromatic carbocycles. The first-order valence-corrected chi connectivity index (χ1v) is 5.81. The van der Waals surface area contributed by atoms with Crippen molar-refractivity contribution in [3.05, 3.63) is 29.3 Å². The van der Waals surface area contributed by atoms with E-state index < -0.39 is 23.6 Å². The van der Waals surface area contributed by atoms with Crippen LogP contribution in [0.5, 0.6) is 0 Å². The molecule has 0 aromatic heterocycles. The molecule has 0 aliphatic carbocycles. The first-order valence-electron chi connectivity index (χ1n) is 5.27. The van der Waals surface area contributed by atoms with Crippen molar-refractivity contribution in [2.24, 2.45) is 5.92 Å². The predicted molar refractivity (Wildman–Crippen MR) is 64.7 cm³/mol. The summed E-state index contributed by atoms with van der Waals surface area (Å²) in [5.74, 6) is -0.879. The fourth-order valence-electron chi connectivity index (χ4n) is 1.25. The number of rotatable bonds is 3. The molecule has 7 heteroatoms. The molecule has 0 radical (unpaired) electrons. The molecule has 1 aromatic rings. The highest BCUT2D eigenvalue weighted by molar-refractivity contribution is 6.19. The molecule has 19 heavy (non-hydrogen) atoms. The van der Waals surface area contributed by atoms with Crippen molar-refractivity contribution in [3.8, 4) is 6.07 Å². The van der Waals surface area contributed by atoms with Gasteiger partial charge >= 0.3 is 6.18 Å². The Morgan fingerprint density at radius 1 is 1.53 bits per heavy atom. The summed E-state index contributed by atoms with van der Waals surface area (Å²) in [4.78, 5) is 11.6. The summed E-state index contributed by atoms with van der Waals surface area (Å²) in [6.45, 7) is 1.57. The zero-order valence-corrected chi connectivity index (χ0v) is 10.6. The second kappa shape index (κ2) is 5.93. The predicted octanol–water partition coefficient (Wildman–Crippen LogP) is 3.39. The van der Waals surface area contributed by atoms with Crippen molar-refractivity contribution in [3.63, 3.8) is 0 Å². The second-order valence-corrected chi connectivity index (χ2v) is 4.22. The average molecular weight is 291 g/mol. The molecule has 0 heterocycles. The zero-order chi connectivity index (χ0) is 14.6. The quantitative estimate of drug-likeness (QED) is 0.868. The molecular formula is C12H10ClF3N2O. The summed E-state index contributed by atoms with van der Waals surface area (Å²) >= 11 is 5.50. The fraction of sp³-hybridized carbons (Fsp3) is 0.333. The van der Waals surface area contributed by atoms with E-state index in [0.29, 0.717) is 6.07 Å². The van der Waals surface area contributed by atoms with Crippen molar-refractivity contribution in [2.75, 3.05) is 11.2 Å². The number of anilines is 1. The molecule has 0 spiro atoms. The lowest BCUT2D eigenvalue weighted by Crippen LogP contribution is -2.22. The number of benzene rings is 1. The van der Waals surface area contributed by atoms with Gasteiger partial charge in [0.1, 0.15) is 6.07 Å². The molecule has 0 fully saturated rings. The molecule has 1 amide bonds. The third kappa shape index (κ3) is 3.86. The maximum Gasteiger partial charge on any atom is 0.416 e. The number of halogens is 4. The number of alkyl halides is 4. The van der Waals surface area contributed by atoms with Gasteiger partial charge in [0, 0.05) is 11.8 Å². The highest BCUT2D eigenvalue weighted by Gasteiger charge is 2.31. The van der Waals surface area contributed by atoms with Gasteiger partial charge in [-0.1, -0.05) is 6.92 Å². The number of hydrogen-bond acceptors (Lipinski definition) is 2. The van der Waals surface area contributed by atoms with Crippen molar-refractivity contribution in [1.82, 2.24) is 0 Å². The Balaban J connectivity index is 3.05. The Morgan fingerprint density at radius 2 is 2.16 bits per heavy atom. The SMILES string of the molecule is CC(CCl)C(=O)Nc1ccc(C(F)(F)F)cc1C#N. The number of hydrogen-bond donors (Lipinski definition) is 1. The Hall–Kier alpha value is -1.74. The van der Waals surface area contributed by atoms with Crippen LogP contribution in [0.3, 0.4) is 0 Å². The molecule has 102 valence electrons. The number of carbonyl (C=O) groups excluding carboxylic acids is 1. The minimum absolute atomic E-state index is 0.0393. The van der Waals surface area contributed by atoms with Gasteiger partial charge in [-0.05, 0) is 18.2 Å². The van der Waals surface area contributed by atoms with Gasteiger partial charge in [-0.25, -0.2) is 0 Å². The Labute approximate surface area is 113 Å². The monoisotopic (exact) mass is 290 g/mol. The lowest BCUT2D eigenvalue weighted by molar-refractivity contribution is -0.137. The number of nitrogens with one attached hydrogen (secondary N) is 1. The summed E-state index contributed by atoms with van der Waals surface area (Å²) in [7, 11) is 0. The number of carbonyl (C=O) groups is 1. The van der Waals surface area contributed by atoms with Crippen LogP contribution < -0.4 is 5.32 Å². The van der Waals surface area contributed by atoms with E-state index in [1.807, 2.05) is 0 Å². The van der Waals surface area contributed by atoms with Crippen LogP contribution in [0.1, 0.15) is 18.1 Å². The van der Waals surface area contributed by atoms with Gasteiger partial charge in [0.05, 0.1) is 16.8 Å². The van der Waals surface area contributed by atoms with E-state index in [1.54, 1.807) is 13.0 Å². The van der Waals surface area contributed by atoms with Crippen LogP contribution in [0.4, 0.5) is 18.9 Å². The van der Waals surface area contributed by atoms with Crippen molar-refractivity contribution in [2.45, 2.75) is 13.1 Å². The summed E-state index contributed by atoms with van der Waals surface area (Å²) < 4.78 is 37.4. The summed E-state index contributed by atoms with van der Waals surface area (Å²) in [6, 6.07) is 4.18. The fourth-order valence-corrected chi connectivity index (χ4v) is 1.39. The van der Waals surface area contributed by atoms with Crippen LogP contribution in [0.25, 0.3) is 0 Å². The van der Waals surface area contributed by atoms with E-state index in [4.69, 9.17) is 16.9 Å². The molecule has 0 aliphatic heterocycles. The first kappa shape index (κ1) is 15.3. The third-order valence-corrected chi connectivity index (χ3v) is 2.87. The largest absolute Gasteiger partial charge is 0.416 e. The van der Waals surface area contributed by atoms with Crippen LogP contribution in [0, 0.1) is 17.2 Å². The molecule has 0 saturated heterocycles. The van der Waals surface area contributed by atoms with E-state index >= 15 is 0 Å². The third-order valence-electron chi connectivity index (χ3n) is 2.40. The maximum atomic E-state index is 12.5. The average Bonchev–Trinajstić information content (AvgIpc) is 2.36. The topological polar surface area (TPSA) is 52.9 Å². The van der Waals surface area contributed by atoms with E-state index in [2.05, 4.69) is 5.32 Å². The van der Waals surface area contributed by atoms with E-state index in [1.165, 1.54) is 0 Å².